The van der Waals surface area contributed by atoms with Gasteiger partial charge in [-0.1, -0.05) is 0 Å². The van der Waals surface area contributed by atoms with Gasteiger partial charge in [0.15, 0.2) is 0 Å². The molecule has 108 valence electrons. The zero-order chi connectivity index (χ0) is 14.3. The average molecular weight is 279 g/mol. The third-order valence-electron chi connectivity index (χ3n) is 3.79. The molecule has 0 spiro atoms. The maximum atomic E-state index is 11.8. The second-order valence-corrected chi connectivity index (χ2v) is 5.47. The highest BCUT2D eigenvalue weighted by Crippen LogP contribution is 2.22. The molecule has 2 aromatic rings. The fraction of sp³-hybridized carbons (Fsp3) is 0.583. The van der Waals surface area contributed by atoms with Crippen LogP contribution in [0.1, 0.15) is 19.0 Å². The van der Waals surface area contributed by atoms with Crippen LogP contribution in [0.5, 0.6) is 0 Å². The van der Waals surface area contributed by atoms with Gasteiger partial charge >= 0.3 is 0 Å². The molecule has 8 nitrogen and oxygen atoms in total. The van der Waals surface area contributed by atoms with Crippen LogP contribution in [-0.4, -0.2) is 59.5 Å². The summed E-state index contributed by atoms with van der Waals surface area (Å²) in [5.74, 6) is 0.331. The molecule has 20 heavy (non-hydrogen) atoms. The largest absolute Gasteiger partial charge is 0.389 e. The van der Waals surface area contributed by atoms with Crippen LogP contribution in [0.4, 0.5) is 0 Å². The van der Waals surface area contributed by atoms with Crippen molar-refractivity contribution >= 4 is 5.78 Å². The second-order valence-electron chi connectivity index (χ2n) is 5.47. The molecule has 3 N–H and O–H groups in total. The van der Waals surface area contributed by atoms with E-state index in [4.69, 9.17) is 0 Å². The topological polar surface area (TPSA) is 107 Å². The van der Waals surface area contributed by atoms with E-state index in [1.807, 2.05) is 4.90 Å². The number of β-amino-alcohol motifs (C(OH)–C–C–N with tert-alkyl or cyclic N) is 1. The van der Waals surface area contributed by atoms with Crippen LogP contribution < -0.4 is 5.56 Å². The average Bonchev–Trinajstić information content (AvgIpc) is 2.83. The van der Waals surface area contributed by atoms with Crippen LogP contribution >= 0.6 is 0 Å². The molecular weight excluding hydrogens is 262 g/mol. The summed E-state index contributed by atoms with van der Waals surface area (Å²) in [5.41, 5.74) is -0.654. The van der Waals surface area contributed by atoms with Crippen molar-refractivity contribution < 1.29 is 10.2 Å². The number of hydrogen-bond donors (Lipinski definition) is 3. The van der Waals surface area contributed by atoms with Crippen LogP contribution in [0.3, 0.4) is 0 Å². The Kier molecular flexibility index (Phi) is 3.08. The highest BCUT2D eigenvalue weighted by molar-refractivity contribution is 5.26. The smallest absolute Gasteiger partial charge is 0.274 e. The third kappa shape index (κ3) is 2.33. The molecule has 3 rings (SSSR count). The highest BCUT2D eigenvalue weighted by Gasteiger charge is 2.36. The van der Waals surface area contributed by atoms with E-state index in [-0.39, 0.29) is 5.56 Å². The lowest BCUT2D eigenvalue weighted by molar-refractivity contribution is -0.108. The van der Waals surface area contributed by atoms with Gasteiger partial charge in [0.1, 0.15) is 6.33 Å². The van der Waals surface area contributed by atoms with Crippen LogP contribution in [0, 0.1) is 0 Å². The minimum Gasteiger partial charge on any atom is -0.389 e. The number of aliphatic hydroxyl groups is 2. The zero-order valence-electron chi connectivity index (χ0n) is 11.2. The van der Waals surface area contributed by atoms with Crippen molar-refractivity contribution in [1.82, 2.24) is 24.5 Å². The molecule has 1 aliphatic rings. The summed E-state index contributed by atoms with van der Waals surface area (Å²) in [5, 5.41) is 22.5. The molecule has 8 heteroatoms. The van der Waals surface area contributed by atoms with Gasteiger partial charge in [-0.15, -0.1) is 0 Å². The van der Waals surface area contributed by atoms with Gasteiger partial charge in [0, 0.05) is 25.7 Å². The number of H-pyrrole nitrogens is 1. The van der Waals surface area contributed by atoms with Gasteiger partial charge in [-0.2, -0.15) is 4.52 Å². The van der Waals surface area contributed by atoms with Crippen LogP contribution in [0.2, 0.25) is 0 Å². The number of piperidine rings is 1. The van der Waals surface area contributed by atoms with E-state index in [1.54, 1.807) is 6.92 Å². The first-order chi connectivity index (χ1) is 9.45. The number of aromatic nitrogens is 4. The Morgan fingerprint density at radius 2 is 2.40 bits per heavy atom. The summed E-state index contributed by atoms with van der Waals surface area (Å²) in [7, 11) is 0. The van der Waals surface area contributed by atoms with Gasteiger partial charge in [-0.25, -0.2) is 9.97 Å². The van der Waals surface area contributed by atoms with Gasteiger partial charge in [0.25, 0.3) is 11.3 Å². The molecule has 3 heterocycles. The fourth-order valence-electron chi connectivity index (χ4n) is 2.41. The van der Waals surface area contributed by atoms with E-state index in [0.29, 0.717) is 37.5 Å². The van der Waals surface area contributed by atoms with Crippen molar-refractivity contribution in [3.63, 3.8) is 0 Å². The Hall–Kier alpha value is -1.77. The predicted octanol–water partition coefficient (Wildman–Crippen LogP) is -1.26. The SMILES string of the molecule is C[C@@]1(O)CCN(Cc2cc(=O)n3[nH]cnc3n2)C[C@@H]1O. The second kappa shape index (κ2) is 4.65. The molecule has 2 atom stereocenters. The molecule has 0 bridgehead atoms. The first kappa shape index (κ1) is 13.2. The molecule has 0 aromatic carbocycles. The van der Waals surface area contributed by atoms with Gasteiger partial charge < -0.3 is 10.2 Å². The van der Waals surface area contributed by atoms with E-state index in [2.05, 4.69) is 15.1 Å². The standard InChI is InChI=1S/C12H17N5O3/c1-12(20)2-3-16(6-9(12)18)5-8-4-10(19)17-11(15-8)13-7-14-17/h4,7,9,18,20H,2-3,5-6H2,1H3,(H,13,14,15)/t9-,12+/m0/s1. The Bertz CT molecular complexity index is 677. The predicted molar refractivity (Wildman–Crippen MR) is 70.1 cm³/mol. The Balaban J connectivity index is 1.78. The van der Waals surface area contributed by atoms with Crippen molar-refractivity contribution in [2.24, 2.45) is 0 Å². The number of hydrogen-bond acceptors (Lipinski definition) is 6. The number of aromatic amines is 1. The van der Waals surface area contributed by atoms with Crippen LogP contribution in [0.15, 0.2) is 17.2 Å². The summed E-state index contributed by atoms with van der Waals surface area (Å²) >= 11 is 0. The molecule has 0 radical (unpaired) electrons. The van der Waals surface area contributed by atoms with Crippen molar-refractivity contribution in [2.45, 2.75) is 31.6 Å². The Morgan fingerprint density at radius 3 is 3.15 bits per heavy atom. The molecule has 1 fully saturated rings. The summed E-state index contributed by atoms with van der Waals surface area (Å²) in [4.78, 5) is 22.0. The van der Waals surface area contributed by atoms with Crippen molar-refractivity contribution in [2.75, 3.05) is 13.1 Å². The molecule has 2 aromatic heterocycles. The van der Waals surface area contributed by atoms with Crippen LogP contribution in [0.25, 0.3) is 5.78 Å². The van der Waals surface area contributed by atoms with E-state index in [0.717, 1.165) is 0 Å². The van der Waals surface area contributed by atoms with Crippen molar-refractivity contribution in [3.05, 3.63) is 28.4 Å². The third-order valence-corrected chi connectivity index (χ3v) is 3.79. The molecule has 1 saturated heterocycles. The van der Waals surface area contributed by atoms with Crippen molar-refractivity contribution in [3.8, 4) is 0 Å². The van der Waals surface area contributed by atoms with E-state index in [1.165, 1.54) is 16.9 Å². The van der Waals surface area contributed by atoms with E-state index in [9.17, 15) is 15.0 Å². The Morgan fingerprint density at radius 1 is 1.60 bits per heavy atom. The minimum atomic E-state index is -1.05. The summed E-state index contributed by atoms with van der Waals surface area (Å²) in [6, 6.07) is 1.45. The maximum Gasteiger partial charge on any atom is 0.274 e. The first-order valence-electron chi connectivity index (χ1n) is 6.50. The monoisotopic (exact) mass is 279 g/mol. The first-order valence-corrected chi connectivity index (χ1v) is 6.50. The quantitative estimate of drug-likeness (QED) is 0.633. The number of rotatable bonds is 2. The molecule has 0 unspecified atom stereocenters. The molecule has 0 amide bonds. The van der Waals surface area contributed by atoms with E-state index >= 15 is 0 Å². The summed E-state index contributed by atoms with van der Waals surface area (Å²) in [6.07, 6.45) is 1.10. The number of aliphatic hydroxyl groups excluding tert-OH is 1. The fourth-order valence-corrected chi connectivity index (χ4v) is 2.41. The lowest BCUT2D eigenvalue weighted by atomic mass is 9.91. The zero-order valence-corrected chi connectivity index (χ0v) is 11.2. The summed E-state index contributed by atoms with van der Waals surface area (Å²) in [6.45, 7) is 3.08. The number of nitrogens with one attached hydrogen (secondary N) is 1. The normalized spacial score (nSPS) is 28.1. The lowest BCUT2D eigenvalue weighted by Gasteiger charge is -2.39. The van der Waals surface area contributed by atoms with Gasteiger partial charge in [0.05, 0.1) is 17.4 Å². The van der Waals surface area contributed by atoms with Crippen molar-refractivity contribution in [1.29, 1.82) is 0 Å². The van der Waals surface area contributed by atoms with Gasteiger partial charge in [-0.05, 0) is 13.3 Å². The Labute approximate surface area is 114 Å². The maximum absolute atomic E-state index is 11.8. The molecule has 0 aliphatic carbocycles. The minimum absolute atomic E-state index is 0.216. The van der Waals surface area contributed by atoms with Gasteiger partial charge in [-0.3, -0.25) is 14.8 Å². The molecule has 0 saturated carbocycles. The molecule has 1 aliphatic heterocycles. The number of nitrogens with zero attached hydrogens (tertiary/aromatic N) is 4. The van der Waals surface area contributed by atoms with E-state index < -0.39 is 11.7 Å². The molecular formula is C12H17N5O3. The highest BCUT2D eigenvalue weighted by atomic mass is 16.3. The lowest BCUT2D eigenvalue weighted by Crippen LogP contribution is -2.53. The summed E-state index contributed by atoms with van der Waals surface area (Å²) < 4.78 is 1.26. The number of fused-ring (bicyclic) bond motifs is 1. The number of likely N-dealkylation sites (tertiary alicyclic amines) is 1. The van der Waals surface area contributed by atoms with Gasteiger partial charge in [0.2, 0.25) is 0 Å². The van der Waals surface area contributed by atoms with Crippen LogP contribution in [-0.2, 0) is 6.54 Å².